The Labute approximate surface area is 120 Å². The van der Waals surface area contributed by atoms with E-state index < -0.39 is 4.92 Å². The number of hydrogen-bond donors (Lipinski definition) is 0. The highest BCUT2D eigenvalue weighted by molar-refractivity contribution is 6.30. The standard InChI is InChI=1S/C13H12ClN3O3/c1-8(2)11-12(14)15-7-16-13(11)20-10-6-4-3-5-9(10)17(18)19/h3-8H,1-2H3. The first-order chi connectivity index (χ1) is 9.50. The molecular weight excluding hydrogens is 282 g/mol. The van der Waals surface area contributed by atoms with E-state index in [0.29, 0.717) is 5.56 Å². The van der Waals surface area contributed by atoms with Crippen LogP contribution in [0.1, 0.15) is 25.3 Å². The third-order valence-electron chi connectivity index (χ3n) is 2.64. The number of aromatic nitrogens is 2. The molecular formula is C13H12ClN3O3. The summed E-state index contributed by atoms with van der Waals surface area (Å²) in [4.78, 5) is 18.4. The predicted molar refractivity (Wildman–Crippen MR) is 74.3 cm³/mol. The zero-order valence-corrected chi connectivity index (χ0v) is 11.7. The van der Waals surface area contributed by atoms with Crippen molar-refractivity contribution in [2.24, 2.45) is 0 Å². The maximum absolute atomic E-state index is 11.0. The van der Waals surface area contributed by atoms with Crippen molar-refractivity contribution in [3.05, 3.63) is 51.4 Å². The van der Waals surface area contributed by atoms with Crippen LogP contribution in [0, 0.1) is 10.1 Å². The lowest BCUT2D eigenvalue weighted by Gasteiger charge is -2.13. The second kappa shape index (κ2) is 5.83. The van der Waals surface area contributed by atoms with Gasteiger partial charge in [-0.25, -0.2) is 9.97 Å². The number of ether oxygens (including phenoxy) is 1. The van der Waals surface area contributed by atoms with E-state index in [0.717, 1.165) is 0 Å². The van der Waals surface area contributed by atoms with Gasteiger partial charge in [-0.2, -0.15) is 0 Å². The van der Waals surface area contributed by atoms with Crippen LogP contribution >= 0.6 is 11.6 Å². The largest absolute Gasteiger partial charge is 0.431 e. The van der Waals surface area contributed by atoms with Crippen molar-refractivity contribution in [3.63, 3.8) is 0 Å². The molecule has 7 heteroatoms. The zero-order valence-electron chi connectivity index (χ0n) is 10.9. The van der Waals surface area contributed by atoms with Gasteiger partial charge < -0.3 is 4.74 Å². The van der Waals surface area contributed by atoms with Crippen LogP contribution in [0.2, 0.25) is 5.15 Å². The van der Waals surface area contributed by atoms with E-state index in [1.54, 1.807) is 12.1 Å². The van der Waals surface area contributed by atoms with Gasteiger partial charge in [-0.1, -0.05) is 37.6 Å². The van der Waals surface area contributed by atoms with Gasteiger partial charge in [0.1, 0.15) is 11.5 Å². The molecule has 0 spiro atoms. The van der Waals surface area contributed by atoms with E-state index in [-0.39, 0.29) is 28.4 Å². The van der Waals surface area contributed by atoms with Gasteiger partial charge in [-0.15, -0.1) is 0 Å². The molecule has 20 heavy (non-hydrogen) atoms. The smallest absolute Gasteiger partial charge is 0.311 e. The monoisotopic (exact) mass is 293 g/mol. The van der Waals surface area contributed by atoms with Gasteiger partial charge in [0, 0.05) is 6.07 Å². The highest BCUT2D eigenvalue weighted by atomic mass is 35.5. The Balaban J connectivity index is 2.46. The summed E-state index contributed by atoms with van der Waals surface area (Å²) >= 11 is 6.03. The van der Waals surface area contributed by atoms with Gasteiger partial charge in [0.05, 0.1) is 10.5 Å². The van der Waals surface area contributed by atoms with Crippen LogP contribution in [-0.4, -0.2) is 14.9 Å². The molecule has 0 unspecified atom stereocenters. The molecule has 0 amide bonds. The predicted octanol–water partition coefficient (Wildman–Crippen LogP) is 3.95. The van der Waals surface area contributed by atoms with Crippen molar-refractivity contribution in [3.8, 4) is 11.6 Å². The second-order valence-electron chi connectivity index (χ2n) is 4.36. The summed E-state index contributed by atoms with van der Waals surface area (Å²) in [5.41, 5.74) is 0.490. The molecule has 0 radical (unpaired) electrons. The maximum atomic E-state index is 11.0. The van der Waals surface area contributed by atoms with Crippen LogP contribution in [0.4, 0.5) is 5.69 Å². The molecule has 6 nitrogen and oxygen atoms in total. The van der Waals surface area contributed by atoms with E-state index >= 15 is 0 Å². The molecule has 0 N–H and O–H groups in total. The average Bonchev–Trinajstić information content (AvgIpc) is 2.38. The van der Waals surface area contributed by atoms with Crippen molar-refractivity contribution in [2.75, 3.05) is 0 Å². The van der Waals surface area contributed by atoms with Crippen LogP contribution < -0.4 is 4.74 Å². The Morgan fingerprint density at radius 3 is 2.65 bits per heavy atom. The van der Waals surface area contributed by atoms with Crippen molar-refractivity contribution in [1.29, 1.82) is 0 Å². The molecule has 0 aliphatic rings. The number of rotatable bonds is 4. The minimum Gasteiger partial charge on any atom is -0.431 e. The van der Waals surface area contributed by atoms with Crippen molar-refractivity contribution in [2.45, 2.75) is 19.8 Å². The number of nitrogens with zero attached hydrogens (tertiary/aromatic N) is 3. The van der Waals surface area contributed by atoms with E-state index in [4.69, 9.17) is 16.3 Å². The first-order valence-electron chi connectivity index (χ1n) is 5.92. The zero-order chi connectivity index (χ0) is 14.7. The molecule has 0 aliphatic carbocycles. The van der Waals surface area contributed by atoms with Gasteiger partial charge in [-0.3, -0.25) is 10.1 Å². The topological polar surface area (TPSA) is 78.2 Å². The third kappa shape index (κ3) is 2.85. The molecule has 1 heterocycles. The minimum atomic E-state index is -0.507. The summed E-state index contributed by atoms with van der Waals surface area (Å²) < 4.78 is 5.57. The number of nitro benzene ring substituents is 1. The SMILES string of the molecule is CC(C)c1c(Cl)ncnc1Oc1ccccc1[N+](=O)[O-]. The molecule has 0 atom stereocenters. The summed E-state index contributed by atoms with van der Waals surface area (Å²) in [6.07, 6.45) is 1.26. The Hall–Kier alpha value is -2.21. The summed E-state index contributed by atoms with van der Waals surface area (Å²) in [6.45, 7) is 3.83. The van der Waals surface area contributed by atoms with Gasteiger partial charge >= 0.3 is 5.69 Å². The Kier molecular flexibility index (Phi) is 4.14. The Morgan fingerprint density at radius 2 is 2.00 bits per heavy atom. The van der Waals surface area contributed by atoms with E-state index in [2.05, 4.69) is 9.97 Å². The number of halogens is 1. The lowest BCUT2D eigenvalue weighted by Crippen LogP contribution is -2.01. The highest BCUT2D eigenvalue weighted by Gasteiger charge is 2.20. The third-order valence-corrected chi connectivity index (χ3v) is 2.95. The molecule has 0 fully saturated rings. The van der Waals surface area contributed by atoms with Crippen LogP contribution in [0.25, 0.3) is 0 Å². The van der Waals surface area contributed by atoms with Crippen molar-refractivity contribution in [1.82, 2.24) is 9.97 Å². The molecule has 104 valence electrons. The molecule has 1 aromatic carbocycles. The summed E-state index contributed by atoms with van der Waals surface area (Å²) in [5, 5.41) is 11.2. The number of hydrogen-bond acceptors (Lipinski definition) is 5. The number of benzene rings is 1. The maximum Gasteiger partial charge on any atom is 0.311 e. The molecule has 1 aromatic heterocycles. The van der Waals surface area contributed by atoms with Crippen molar-refractivity contribution < 1.29 is 9.66 Å². The highest BCUT2D eigenvalue weighted by Crippen LogP contribution is 2.35. The first kappa shape index (κ1) is 14.2. The van der Waals surface area contributed by atoms with E-state index in [9.17, 15) is 10.1 Å². The fourth-order valence-electron chi connectivity index (χ4n) is 1.72. The quantitative estimate of drug-likeness (QED) is 0.484. The molecule has 2 aromatic rings. The summed E-state index contributed by atoms with van der Waals surface area (Å²) in [7, 11) is 0. The van der Waals surface area contributed by atoms with Gasteiger partial charge in [0.2, 0.25) is 11.6 Å². The molecule has 0 saturated carbocycles. The Bertz CT molecular complexity index is 647. The summed E-state index contributed by atoms with van der Waals surface area (Å²) in [6, 6.07) is 6.10. The number of nitro groups is 1. The normalized spacial score (nSPS) is 10.6. The summed E-state index contributed by atoms with van der Waals surface area (Å²) in [5.74, 6) is 0.380. The lowest BCUT2D eigenvalue weighted by molar-refractivity contribution is -0.385. The van der Waals surface area contributed by atoms with Crippen LogP contribution in [0.3, 0.4) is 0 Å². The van der Waals surface area contributed by atoms with Crippen LogP contribution in [0.5, 0.6) is 11.6 Å². The molecule has 0 saturated heterocycles. The second-order valence-corrected chi connectivity index (χ2v) is 4.72. The van der Waals surface area contributed by atoms with E-state index in [1.165, 1.54) is 18.5 Å². The fraction of sp³-hybridized carbons (Fsp3) is 0.231. The fourth-order valence-corrected chi connectivity index (χ4v) is 2.07. The van der Waals surface area contributed by atoms with Crippen molar-refractivity contribution >= 4 is 17.3 Å². The average molecular weight is 294 g/mol. The van der Waals surface area contributed by atoms with Gasteiger partial charge in [-0.05, 0) is 12.0 Å². The van der Waals surface area contributed by atoms with Gasteiger partial charge in [0.15, 0.2) is 0 Å². The molecule has 0 bridgehead atoms. The lowest BCUT2D eigenvalue weighted by atomic mass is 10.1. The van der Waals surface area contributed by atoms with Crippen LogP contribution in [0.15, 0.2) is 30.6 Å². The minimum absolute atomic E-state index is 0.0291. The number of para-hydroxylation sites is 2. The first-order valence-corrected chi connectivity index (χ1v) is 6.30. The molecule has 0 aliphatic heterocycles. The van der Waals surface area contributed by atoms with E-state index in [1.807, 2.05) is 13.8 Å². The molecule has 2 rings (SSSR count). The Morgan fingerprint density at radius 1 is 1.30 bits per heavy atom. The van der Waals surface area contributed by atoms with Gasteiger partial charge in [0.25, 0.3) is 0 Å². The van der Waals surface area contributed by atoms with Crippen LogP contribution in [-0.2, 0) is 0 Å².